The molecule has 0 aromatic heterocycles. The summed E-state index contributed by atoms with van der Waals surface area (Å²) in [6.07, 6.45) is 9.88. The van der Waals surface area contributed by atoms with Gasteiger partial charge in [-0.15, -0.1) is 0 Å². The first-order valence-electron chi connectivity index (χ1n) is 4.46. The maximum Gasteiger partial charge on any atom is -0.0162 e. The van der Waals surface area contributed by atoms with Crippen molar-refractivity contribution in [3.05, 3.63) is 60.3 Å². The Labute approximate surface area is 81.7 Å². The van der Waals surface area contributed by atoms with Crippen LogP contribution < -0.4 is 0 Å². The summed E-state index contributed by atoms with van der Waals surface area (Å²) < 4.78 is 0. The Balaban J connectivity index is 5.26. The van der Waals surface area contributed by atoms with E-state index >= 15 is 0 Å². The minimum absolute atomic E-state index is 1.15. The van der Waals surface area contributed by atoms with Gasteiger partial charge >= 0.3 is 0 Å². The molecule has 0 N–H and O–H groups in total. The van der Waals surface area contributed by atoms with E-state index in [0.29, 0.717) is 0 Å². The molecule has 0 saturated carbocycles. The van der Waals surface area contributed by atoms with Crippen molar-refractivity contribution in [2.45, 2.75) is 20.8 Å². The van der Waals surface area contributed by atoms with Gasteiger partial charge in [0.05, 0.1) is 0 Å². The van der Waals surface area contributed by atoms with E-state index in [-0.39, 0.29) is 0 Å². The first kappa shape index (κ1) is 11.7. The lowest BCUT2D eigenvalue weighted by Crippen LogP contribution is -1.86. The van der Waals surface area contributed by atoms with Crippen LogP contribution in [-0.2, 0) is 0 Å². The molecule has 0 heterocycles. The molecule has 0 aliphatic rings. The van der Waals surface area contributed by atoms with Crippen molar-refractivity contribution in [2.24, 2.45) is 0 Å². The summed E-state index contributed by atoms with van der Waals surface area (Å²) in [6, 6.07) is 0. The molecular weight excluding hydrogens is 156 g/mol. The van der Waals surface area contributed by atoms with Gasteiger partial charge in [-0.3, -0.25) is 0 Å². The molecule has 0 aliphatic heterocycles. The Morgan fingerprint density at radius 3 is 2.00 bits per heavy atom. The summed E-state index contributed by atoms with van der Waals surface area (Å²) in [5.74, 6) is 0. The maximum atomic E-state index is 3.78. The molecule has 0 saturated heterocycles. The lowest BCUT2D eigenvalue weighted by atomic mass is 10.00. The third kappa shape index (κ3) is 3.29. The molecule has 0 atom stereocenters. The van der Waals surface area contributed by atoms with Gasteiger partial charge in [0.25, 0.3) is 0 Å². The molecular formula is C13H18. The van der Waals surface area contributed by atoms with Gasteiger partial charge in [-0.25, -0.2) is 0 Å². The summed E-state index contributed by atoms with van der Waals surface area (Å²) >= 11 is 0. The Morgan fingerprint density at radius 2 is 1.69 bits per heavy atom. The third-order valence-electron chi connectivity index (χ3n) is 1.91. The van der Waals surface area contributed by atoms with Gasteiger partial charge in [-0.1, -0.05) is 43.5 Å². The monoisotopic (exact) mass is 174 g/mol. The van der Waals surface area contributed by atoms with Gasteiger partial charge in [0.1, 0.15) is 0 Å². The quantitative estimate of drug-likeness (QED) is 0.560. The first-order valence-corrected chi connectivity index (χ1v) is 4.46. The Hall–Kier alpha value is -1.30. The van der Waals surface area contributed by atoms with Crippen LogP contribution in [0.1, 0.15) is 20.8 Å². The number of hydrogen-bond donors (Lipinski definition) is 0. The lowest BCUT2D eigenvalue weighted by molar-refractivity contribution is 1.39. The topological polar surface area (TPSA) is 0 Å². The van der Waals surface area contributed by atoms with Crippen LogP contribution in [-0.4, -0.2) is 0 Å². The highest BCUT2D eigenvalue weighted by Crippen LogP contribution is 2.17. The second kappa shape index (κ2) is 6.24. The summed E-state index contributed by atoms with van der Waals surface area (Å²) in [7, 11) is 0. The van der Waals surface area contributed by atoms with E-state index in [0.717, 1.165) is 5.57 Å². The van der Waals surface area contributed by atoms with Crippen molar-refractivity contribution in [2.75, 3.05) is 0 Å². The van der Waals surface area contributed by atoms with E-state index in [2.05, 4.69) is 32.2 Å². The van der Waals surface area contributed by atoms with Crippen LogP contribution in [0.4, 0.5) is 0 Å². The Morgan fingerprint density at radius 1 is 1.08 bits per heavy atom. The van der Waals surface area contributed by atoms with Crippen molar-refractivity contribution in [3.8, 4) is 0 Å². The molecule has 0 rings (SSSR count). The largest absolute Gasteiger partial charge is 0.0988 e. The molecule has 0 aliphatic carbocycles. The zero-order chi connectivity index (χ0) is 10.3. The highest BCUT2D eigenvalue weighted by molar-refractivity contribution is 5.50. The van der Waals surface area contributed by atoms with Gasteiger partial charge in [-0.05, 0) is 37.5 Å². The number of rotatable bonds is 4. The van der Waals surface area contributed by atoms with Crippen LogP contribution in [0.25, 0.3) is 0 Å². The molecule has 0 aromatic rings. The number of hydrogen-bond acceptors (Lipinski definition) is 0. The normalized spacial score (nSPS) is 14.2. The molecule has 0 heteroatoms. The molecule has 0 amide bonds. The summed E-state index contributed by atoms with van der Waals surface area (Å²) in [5.41, 5.74) is 3.51. The van der Waals surface area contributed by atoms with E-state index in [1.54, 1.807) is 0 Å². The van der Waals surface area contributed by atoms with E-state index in [1.165, 1.54) is 11.1 Å². The molecule has 0 fully saturated rings. The average molecular weight is 174 g/mol. The second-order valence-corrected chi connectivity index (χ2v) is 2.75. The highest BCUT2D eigenvalue weighted by atomic mass is 14.0. The van der Waals surface area contributed by atoms with E-state index in [4.69, 9.17) is 0 Å². The van der Waals surface area contributed by atoms with Crippen LogP contribution in [0.15, 0.2) is 60.3 Å². The molecule has 0 spiro atoms. The van der Waals surface area contributed by atoms with E-state index in [9.17, 15) is 0 Å². The van der Waals surface area contributed by atoms with Gasteiger partial charge in [-0.2, -0.15) is 0 Å². The minimum Gasteiger partial charge on any atom is -0.0988 e. The first-order chi connectivity index (χ1) is 6.21. The van der Waals surface area contributed by atoms with Crippen molar-refractivity contribution in [3.63, 3.8) is 0 Å². The summed E-state index contributed by atoms with van der Waals surface area (Å²) in [5, 5.41) is 0. The third-order valence-corrected chi connectivity index (χ3v) is 1.91. The minimum atomic E-state index is 1.15. The van der Waals surface area contributed by atoms with Crippen LogP contribution in [0.3, 0.4) is 0 Å². The maximum absolute atomic E-state index is 3.78. The van der Waals surface area contributed by atoms with Crippen LogP contribution >= 0.6 is 0 Å². The van der Waals surface area contributed by atoms with Crippen LogP contribution in [0, 0.1) is 0 Å². The molecule has 0 aromatic carbocycles. The smallest absolute Gasteiger partial charge is 0.0162 e. The van der Waals surface area contributed by atoms with E-state index < -0.39 is 0 Å². The summed E-state index contributed by atoms with van der Waals surface area (Å²) in [4.78, 5) is 0. The summed E-state index contributed by atoms with van der Waals surface area (Å²) in [6.45, 7) is 13.6. The second-order valence-electron chi connectivity index (χ2n) is 2.75. The average Bonchev–Trinajstić information content (AvgIpc) is 2.17. The van der Waals surface area contributed by atoms with Gasteiger partial charge < -0.3 is 0 Å². The predicted octanol–water partition coefficient (Wildman–Crippen LogP) is 4.20. The molecule has 0 radical (unpaired) electrons. The van der Waals surface area contributed by atoms with E-state index in [1.807, 2.05) is 32.1 Å². The Kier molecular flexibility index (Phi) is 5.62. The van der Waals surface area contributed by atoms with Crippen molar-refractivity contribution in [1.82, 2.24) is 0 Å². The van der Waals surface area contributed by atoms with Gasteiger partial charge in [0.2, 0.25) is 0 Å². The molecule has 13 heavy (non-hydrogen) atoms. The molecule has 0 unspecified atom stereocenters. The highest BCUT2D eigenvalue weighted by Gasteiger charge is 1.98. The molecule has 0 bridgehead atoms. The van der Waals surface area contributed by atoms with Crippen molar-refractivity contribution < 1.29 is 0 Å². The van der Waals surface area contributed by atoms with Crippen LogP contribution in [0.5, 0.6) is 0 Å². The lowest BCUT2D eigenvalue weighted by Gasteiger charge is -2.05. The fourth-order valence-electron chi connectivity index (χ4n) is 1.12. The zero-order valence-electron chi connectivity index (χ0n) is 8.80. The molecule has 0 nitrogen and oxygen atoms in total. The zero-order valence-corrected chi connectivity index (χ0v) is 8.80. The van der Waals surface area contributed by atoms with Gasteiger partial charge in [0.15, 0.2) is 0 Å². The van der Waals surface area contributed by atoms with Crippen molar-refractivity contribution >= 4 is 0 Å². The fraction of sp³-hybridized carbons (Fsp3) is 0.231. The van der Waals surface area contributed by atoms with Gasteiger partial charge in [0, 0.05) is 0 Å². The Bertz CT molecular complexity index is 272. The van der Waals surface area contributed by atoms with Crippen LogP contribution in [0.2, 0.25) is 0 Å². The predicted molar refractivity (Wildman–Crippen MR) is 61.7 cm³/mol. The van der Waals surface area contributed by atoms with Crippen molar-refractivity contribution in [1.29, 1.82) is 0 Å². The molecule has 70 valence electrons. The fourth-order valence-corrected chi connectivity index (χ4v) is 1.12. The SMILES string of the molecule is C=CC(=C/C)/C(/C=C\C)=C(/C)C=C. The number of allylic oxidation sites excluding steroid dienone is 8. The standard InChI is InChI=1S/C13H18/c1-6-10-13(11(5)7-2)12(8-3)9-4/h6-10H,2-3H2,1,4-5H3/b10-6-,12-9-,13-11-.